The highest BCUT2D eigenvalue weighted by molar-refractivity contribution is 5.97. The highest BCUT2D eigenvalue weighted by atomic mass is 15.2. The summed E-state index contributed by atoms with van der Waals surface area (Å²) in [6.07, 6.45) is 5.27. The van der Waals surface area contributed by atoms with Gasteiger partial charge < -0.3 is 25.4 Å². The van der Waals surface area contributed by atoms with Gasteiger partial charge in [0.25, 0.3) is 0 Å². The highest BCUT2D eigenvalue weighted by Gasteiger charge is 2.26. The Morgan fingerprint density at radius 2 is 1.97 bits per heavy atom. The van der Waals surface area contributed by atoms with Crippen LogP contribution in [0.4, 0.5) is 23.0 Å². The molecular weight excluding hydrogens is 434 g/mol. The van der Waals surface area contributed by atoms with E-state index in [1.165, 1.54) is 28.6 Å². The van der Waals surface area contributed by atoms with Gasteiger partial charge in [0.1, 0.15) is 0 Å². The van der Waals surface area contributed by atoms with E-state index in [1.807, 2.05) is 18.3 Å². The molecule has 2 aliphatic rings. The topological polar surface area (TPSA) is 75.2 Å². The summed E-state index contributed by atoms with van der Waals surface area (Å²) in [6, 6.07) is 15.4. The molecule has 1 fully saturated rings. The molecule has 180 valence electrons. The molecule has 2 aromatic heterocycles. The van der Waals surface area contributed by atoms with Gasteiger partial charge in [-0.05, 0) is 70.1 Å². The molecule has 0 radical (unpaired) electrons. The van der Waals surface area contributed by atoms with Crippen LogP contribution in [0, 0.1) is 6.92 Å². The van der Waals surface area contributed by atoms with E-state index >= 15 is 0 Å². The number of para-hydroxylation sites is 1. The number of hydrogen-bond acceptors (Lipinski definition) is 6. The van der Waals surface area contributed by atoms with Crippen molar-refractivity contribution in [2.24, 2.45) is 0 Å². The number of nitrogens with two attached hydrogens (primary N) is 1. The van der Waals surface area contributed by atoms with Gasteiger partial charge in [0, 0.05) is 59.7 Å². The maximum Gasteiger partial charge on any atom is 0.227 e. The summed E-state index contributed by atoms with van der Waals surface area (Å²) < 4.78 is 2.45. The number of anilines is 4. The van der Waals surface area contributed by atoms with Gasteiger partial charge in [0.15, 0.2) is 0 Å². The third kappa shape index (κ3) is 3.80. The van der Waals surface area contributed by atoms with E-state index in [2.05, 4.69) is 76.0 Å². The van der Waals surface area contributed by atoms with Crippen LogP contribution in [0.1, 0.15) is 24.1 Å². The lowest BCUT2D eigenvalue weighted by Gasteiger charge is -2.24. The number of fused-ring (bicyclic) bond motifs is 3. The summed E-state index contributed by atoms with van der Waals surface area (Å²) in [6.45, 7) is 5.22. The quantitative estimate of drug-likeness (QED) is 0.410. The van der Waals surface area contributed by atoms with Gasteiger partial charge in [0.05, 0.1) is 17.1 Å². The van der Waals surface area contributed by atoms with Gasteiger partial charge in [0.2, 0.25) is 5.95 Å². The van der Waals surface area contributed by atoms with Crippen LogP contribution in [0.15, 0.2) is 48.7 Å². The average molecular weight is 468 g/mol. The van der Waals surface area contributed by atoms with Gasteiger partial charge in [-0.25, -0.2) is 9.97 Å². The minimum absolute atomic E-state index is 0.565. The van der Waals surface area contributed by atoms with Crippen LogP contribution in [0.2, 0.25) is 0 Å². The van der Waals surface area contributed by atoms with Crippen LogP contribution in [-0.2, 0) is 13.0 Å². The number of hydrogen-bond donors (Lipinski definition) is 2. The van der Waals surface area contributed by atoms with Crippen LogP contribution in [0.5, 0.6) is 0 Å². The Morgan fingerprint density at radius 1 is 1.11 bits per heavy atom. The molecule has 0 bridgehead atoms. The van der Waals surface area contributed by atoms with E-state index < -0.39 is 0 Å². The van der Waals surface area contributed by atoms with Gasteiger partial charge in [-0.2, -0.15) is 0 Å². The van der Waals surface area contributed by atoms with E-state index in [1.54, 1.807) is 0 Å². The second-order valence-corrected chi connectivity index (χ2v) is 10.1. The van der Waals surface area contributed by atoms with Crippen LogP contribution < -0.4 is 16.0 Å². The second kappa shape index (κ2) is 8.57. The lowest BCUT2D eigenvalue weighted by atomic mass is 10.1. The lowest BCUT2D eigenvalue weighted by molar-refractivity contribution is 0.315. The number of aryl methyl sites for hydroxylation is 2. The highest BCUT2D eigenvalue weighted by Crippen LogP contribution is 2.38. The van der Waals surface area contributed by atoms with Crippen LogP contribution in [0.3, 0.4) is 0 Å². The Labute approximate surface area is 206 Å². The van der Waals surface area contributed by atoms with Gasteiger partial charge >= 0.3 is 0 Å². The molecule has 7 heteroatoms. The summed E-state index contributed by atoms with van der Waals surface area (Å²) >= 11 is 0. The van der Waals surface area contributed by atoms with Crippen molar-refractivity contribution in [3.8, 4) is 11.3 Å². The smallest absolute Gasteiger partial charge is 0.227 e. The van der Waals surface area contributed by atoms with Gasteiger partial charge in [-0.1, -0.05) is 18.2 Å². The molecule has 4 heterocycles. The number of nitrogens with zero attached hydrogens (tertiary/aromatic N) is 5. The van der Waals surface area contributed by atoms with Crippen molar-refractivity contribution in [3.05, 3.63) is 59.9 Å². The van der Waals surface area contributed by atoms with Crippen molar-refractivity contribution in [3.63, 3.8) is 0 Å². The summed E-state index contributed by atoms with van der Waals surface area (Å²) in [5.41, 5.74) is 15.4. The first-order chi connectivity index (χ1) is 17.0. The molecule has 0 saturated carbocycles. The van der Waals surface area contributed by atoms with E-state index in [4.69, 9.17) is 10.7 Å². The van der Waals surface area contributed by atoms with Crippen molar-refractivity contribution >= 4 is 33.9 Å². The third-order valence-electron chi connectivity index (χ3n) is 7.64. The first kappa shape index (κ1) is 21.9. The fourth-order valence-corrected chi connectivity index (χ4v) is 5.74. The van der Waals surface area contributed by atoms with Crippen LogP contribution >= 0.6 is 0 Å². The Balaban J connectivity index is 1.30. The molecule has 4 aromatic rings. The van der Waals surface area contributed by atoms with Crippen LogP contribution in [-0.4, -0.2) is 52.7 Å². The molecule has 6 rings (SSSR count). The molecule has 0 amide bonds. The number of likely N-dealkylation sites (N-methyl/N-ethyl adjacent to an activating group) is 1. The predicted molar refractivity (Wildman–Crippen MR) is 144 cm³/mol. The molecule has 2 aromatic carbocycles. The maximum atomic E-state index is 6.54. The first-order valence-electron chi connectivity index (χ1n) is 12.5. The summed E-state index contributed by atoms with van der Waals surface area (Å²) in [5, 5.41) is 4.70. The zero-order chi connectivity index (χ0) is 24.1. The molecule has 0 aliphatic carbocycles. The standard InChI is InChI=1S/C28H33N7/c1-18-15-26(34-14-11-19(17-34)33(2)3)21(29)16-23(18)32-28-30-12-10-22(31-28)27-20-7-4-5-8-24(20)35-13-6-9-25(27)35/h4-5,7-8,10,12,15-16,19H,6,9,11,13-14,17,29H2,1-3H3,(H,30,31,32). The molecule has 7 nitrogen and oxygen atoms in total. The molecular formula is C28H33N7. The van der Waals surface area contributed by atoms with Crippen molar-refractivity contribution in [2.45, 2.75) is 38.8 Å². The summed E-state index contributed by atoms with van der Waals surface area (Å²) in [7, 11) is 4.30. The van der Waals surface area contributed by atoms with E-state index in [0.717, 1.165) is 60.8 Å². The molecule has 35 heavy (non-hydrogen) atoms. The van der Waals surface area contributed by atoms with Crippen molar-refractivity contribution in [1.29, 1.82) is 0 Å². The predicted octanol–water partition coefficient (Wildman–Crippen LogP) is 4.82. The molecule has 1 atom stereocenters. The third-order valence-corrected chi connectivity index (χ3v) is 7.64. The minimum Gasteiger partial charge on any atom is -0.397 e. The van der Waals surface area contributed by atoms with Crippen molar-refractivity contribution in [2.75, 3.05) is 43.1 Å². The first-order valence-corrected chi connectivity index (χ1v) is 12.5. The summed E-state index contributed by atoms with van der Waals surface area (Å²) in [4.78, 5) is 14.2. The molecule has 2 aliphatic heterocycles. The number of nitrogen functional groups attached to an aromatic ring is 1. The van der Waals surface area contributed by atoms with Gasteiger partial charge in [-0.15, -0.1) is 0 Å². The Kier molecular flexibility index (Phi) is 5.37. The molecule has 1 saturated heterocycles. The number of benzene rings is 2. The van der Waals surface area contributed by atoms with E-state index in [0.29, 0.717) is 12.0 Å². The zero-order valence-electron chi connectivity index (χ0n) is 20.8. The van der Waals surface area contributed by atoms with Gasteiger partial charge in [-0.3, -0.25) is 0 Å². The monoisotopic (exact) mass is 467 g/mol. The fraction of sp³-hybridized carbons (Fsp3) is 0.357. The largest absolute Gasteiger partial charge is 0.397 e. The van der Waals surface area contributed by atoms with Crippen molar-refractivity contribution in [1.82, 2.24) is 19.4 Å². The van der Waals surface area contributed by atoms with E-state index in [9.17, 15) is 0 Å². The molecule has 1 unspecified atom stereocenters. The molecule has 0 spiro atoms. The maximum absolute atomic E-state index is 6.54. The second-order valence-electron chi connectivity index (χ2n) is 10.1. The Bertz CT molecular complexity index is 1400. The van der Waals surface area contributed by atoms with E-state index in [-0.39, 0.29) is 0 Å². The Hall–Kier alpha value is -3.58. The lowest BCUT2D eigenvalue weighted by Crippen LogP contribution is -2.31. The number of nitrogens with one attached hydrogen (secondary N) is 1. The normalized spacial score (nSPS) is 17.5. The van der Waals surface area contributed by atoms with Crippen molar-refractivity contribution < 1.29 is 0 Å². The SMILES string of the molecule is Cc1cc(N2CCC(N(C)C)C2)c(N)cc1Nc1nccc(-c2c3n(c4ccccc24)CCC3)n1. The zero-order valence-corrected chi connectivity index (χ0v) is 20.8. The average Bonchev–Trinajstić information content (AvgIpc) is 3.57. The van der Waals surface area contributed by atoms with Crippen LogP contribution in [0.25, 0.3) is 22.2 Å². The summed E-state index contributed by atoms with van der Waals surface area (Å²) in [5.74, 6) is 0.591. The number of aromatic nitrogens is 3. The fourth-order valence-electron chi connectivity index (χ4n) is 5.74. The number of rotatable bonds is 5. The minimum atomic E-state index is 0.565. The molecule has 3 N–H and O–H groups in total. The Morgan fingerprint density at radius 3 is 2.80 bits per heavy atom.